The summed E-state index contributed by atoms with van der Waals surface area (Å²) in [6.45, 7) is 4.45. The number of carbonyl (C=O) groups is 3. The molecule has 1 rings (SSSR count). The van der Waals surface area contributed by atoms with Crippen LogP contribution in [0.3, 0.4) is 0 Å². The molecule has 0 amide bonds. The molecule has 32 heavy (non-hydrogen) atoms. The van der Waals surface area contributed by atoms with Crippen LogP contribution >= 0.6 is 0 Å². The van der Waals surface area contributed by atoms with Crippen molar-refractivity contribution in [1.29, 1.82) is 0 Å². The molecular weight excluding hydrogens is 410 g/mol. The average molecular weight is 448 g/mol. The van der Waals surface area contributed by atoms with Crippen molar-refractivity contribution in [3.8, 4) is 0 Å². The Morgan fingerprint density at radius 3 is 1.97 bits per heavy atom. The molecule has 0 unspecified atom stereocenters. The molecule has 0 saturated carbocycles. The number of oxime groups is 1. The molecule has 0 heterocycles. The molecule has 1 aromatic carbocycles. The monoisotopic (exact) mass is 447 g/mol. The van der Waals surface area contributed by atoms with Gasteiger partial charge in [0.25, 0.3) is 0 Å². The van der Waals surface area contributed by atoms with Gasteiger partial charge in [0.05, 0.1) is 0 Å². The zero-order chi connectivity index (χ0) is 24.0. The van der Waals surface area contributed by atoms with Gasteiger partial charge in [-0.25, -0.2) is 9.59 Å². The first kappa shape index (κ1) is 29.0. The molecule has 0 radical (unpaired) electrons. The SMILES string of the molecule is CCCCCC/C(=N\OC/C=C/c1ccccc1)C(=O)O.CCCCCCC(=O)C(=O)O. The minimum atomic E-state index is -1.30. The summed E-state index contributed by atoms with van der Waals surface area (Å²) < 4.78 is 0. The first-order chi connectivity index (χ1) is 15.4. The van der Waals surface area contributed by atoms with Gasteiger partial charge in [0.1, 0.15) is 6.61 Å². The normalized spacial score (nSPS) is 11.0. The predicted molar refractivity (Wildman–Crippen MR) is 127 cm³/mol. The summed E-state index contributed by atoms with van der Waals surface area (Å²) in [7, 11) is 0. The van der Waals surface area contributed by atoms with E-state index in [2.05, 4.69) is 19.0 Å². The number of rotatable bonds is 16. The number of aliphatic carboxylic acids is 2. The van der Waals surface area contributed by atoms with E-state index in [0.717, 1.165) is 50.5 Å². The van der Waals surface area contributed by atoms with Gasteiger partial charge >= 0.3 is 11.9 Å². The smallest absolute Gasteiger partial charge is 0.372 e. The molecule has 0 bridgehead atoms. The summed E-state index contributed by atoms with van der Waals surface area (Å²) in [5.74, 6) is -2.97. The fourth-order valence-corrected chi connectivity index (χ4v) is 2.64. The lowest BCUT2D eigenvalue weighted by molar-refractivity contribution is -0.149. The number of benzene rings is 1. The zero-order valence-corrected chi connectivity index (χ0v) is 19.3. The highest BCUT2D eigenvalue weighted by molar-refractivity contribution is 6.35. The van der Waals surface area contributed by atoms with E-state index in [9.17, 15) is 14.4 Å². The summed E-state index contributed by atoms with van der Waals surface area (Å²) in [5, 5.41) is 20.9. The number of unbranched alkanes of at least 4 members (excludes halogenated alkanes) is 6. The molecule has 0 atom stereocenters. The van der Waals surface area contributed by atoms with Gasteiger partial charge in [-0.05, 0) is 24.5 Å². The second-order valence-electron chi connectivity index (χ2n) is 7.30. The maximum Gasteiger partial charge on any atom is 0.372 e. The highest BCUT2D eigenvalue weighted by Crippen LogP contribution is 2.05. The lowest BCUT2D eigenvalue weighted by atomic mass is 10.1. The van der Waals surface area contributed by atoms with Crippen molar-refractivity contribution in [3.05, 3.63) is 42.0 Å². The molecule has 0 aliphatic rings. The van der Waals surface area contributed by atoms with Crippen LogP contribution in [0.1, 0.15) is 83.6 Å². The van der Waals surface area contributed by atoms with E-state index in [-0.39, 0.29) is 18.7 Å². The average Bonchev–Trinajstić information content (AvgIpc) is 2.78. The molecule has 0 saturated heterocycles. The third-order valence-corrected chi connectivity index (χ3v) is 4.47. The van der Waals surface area contributed by atoms with Crippen LogP contribution in [-0.4, -0.2) is 40.3 Å². The Hall–Kier alpha value is -2.96. The zero-order valence-electron chi connectivity index (χ0n) is 19.3. The Bertz CT molecular complexity index is 712. The Kier molecular flexibility index (Phi) is 18.1. The Morgan fingerprint density at radius 2 is 1.44 bits per heavy atom. The Labute approximate surface area is 191 Å². The lowest BCUT2D eigenvalue weighted by Crippen LogP contribution is -2.13. The van der Waals surface area contributed by atoms with Crippen LogP contribution in [0.15, 0.2) is 41.6 Å². The van der Waals surface area contributed by atoms with E-state index < -0.39 is 17.7 Å². The third-order valence-electron chi connectivity index (χ3n) is 4.47. The van der Waals surface area contributed by atoms with Crippen molar-refractivity contribution in [2.45, 2.75) is 78.1 Å². The van der Waals surface area contributed by atoms with Crippen LogP contribution in [0.2, 0.25) is 0 Å². The first-order valence-electron chi connectivity index (χ1n) is 11.3. The van der Waals surface area contributed by atoms with Crippen molar-refractivity contribution in [2.75, 3.05) is 6.61 Å². The van der Waals surface area contributed by atoms with Crippen LogP contribution in [0.5, 0.6) is 0 Å². The summed E-state index contributed by atoms with van der Waals surface area (Å²) in [6, 6.07) is 9.83. The highest BCUT2D eigenvalue weighted by atomic mass is 16.6. The Morgan fingerprint density at radius 1 is 0.844 bits per heavy atom. The van der Waals surface area contributed by atoms with Gasteiger partial charge in [-0.3, -0.25) is 4.79 Å². The number of carbonyl (C=O) groups excluding carboxylic acids is 1. The van der Waals surface area contributed by atoms with Gasteiger partial charge in [-0.2, -0.15) is 0 Å². The molecule has 0 fully saturated rings. The van der Waals surface area contributed by atoms with Gasteiger partial charge in [0.2, 0.25) is 5.78 Å². The van der Waals surface area contributed by atoms with E-state index in [1.807, 2.05) is 42.5 Å². The van der Waals surface area contributed by atoms with E-state index in [4.69, 9.17) is 15.1 Å². The molecule has 7 nitrogen and oxygen atoms in total. The molecule has 2 N–H and O–H groups in total. The van der Waals surface area contributed by atoms with Crippen LogP contribution in [0, 0.1) is 0 Å². The number of hydrogen-bond acceptors (Lipinski definition) is 5. The lowest BCUT2D eigenvalue weighted by Gasteiger charge is -2.01. The molecule has 0 aliphatic heterocycles. The fraction of sp³-hybridized carbons (Fsp3) is 0.520. The number of Topliss-reactive ketones (excluding diaryl/α,β-unsaturated/α-hetero) is 1. The molecule has 1 aromatic rings. The Balaban J connectivity index is 0.000000739. The van der Waals surface area contributed by atoms with E-state index in [0.29, 0.717) is 12.8 Å². The molecular formula is C25H37NO6. The van der Waals surface area contributed by atoms with Gasteiger partial charge in [-0.15, -0.1) is 0 Å². The maximum absolute atomic E-state index is 11.0. The third kappa shape index (κ3) is 16.8. The van der Waals surface area contributed by atoms with Gasteiger partial charge < -0.3 is 15.1 Å². The predicted octanol–water partition coefficient (Wildman–Crippen LogP) is 5.74. The van der Waals surface area contributed by atoms with E-state index in [1.165, 1.54) is 0 Å². The number of nitrogens with zero attached hydrogens (tertiary/aromatic N) is 1. The summed E-state index contributed by atoms with van der Waals surface area (Å²) in [4.78, 5) is 36.6. The molecule has 0 spiro atoms. The quantitative estimate of drug-likeness (QED) is 0.145. The summed E-state index contributed by atoms with van der Waals surface area (Å²) in [6.07, 6.45) is 12.3. The summed E-state index contributed by atoms with van der Waals surface area (Å²) in [5.41, 5.74) is 1.17. The molecule has 178 valence electrons. The molecule has 0 aromatic heterocycles. The summed E-state index contributed by atoms with van der Waals surface area (Å²) >= 11 is 0. The van der Waals surface area contributed by atoms with Crippen molar-refractivity contribution in [3.63, 3.8) is 0 Å². The van der Waals surface area contributed by atoms with Crippen molar-refractivity contribution < 1.29 is 29.4 Å². The van der Waals surface area contributed by atoms with Gasteiger partial charge in [0, 0.05) is 12.8 Å². The number of carboxylic acid groups (broad SMARTS) is 2. The standard InChI is InChI=1S/C17H23NO3.C8H14O3/c1-2-3-4-8-13-16(17(19)20)18-21-14-9-12-15-10-6-5-7-11-15;1-2-3-4-5-6-7(9)8(10)11/h5-7,9-12H,2-4,8,13-14H2,1H3,(H,19,20);2-6H2,1H3,(H,10,11)/b12-9+,18-16+;. The van der Waals surface area contributed by atoms with Crippen LogP contribution in [0.25, 0.3) is 6.08 Å². The molecule has 7 heteroatoms. The number of carboxylic acids is 2. The van der Waals surface area contributed by atoms with Crippen molar-refractivity contribution in [1.82, 2.24) is 0 Å². The minimum absolute atomic E-state index is 0.0965. The van der Waals surface area contributed by atoms with Gasteiger partial charge in [-0.1, -0.05) is 93.9 Å². The van der Waals surface area contributed by atoms with Crippen molar-refractivity contribution >= 4 is 29.5 Å². The highest BCUT2D eigenvalue weighted by Gasteiger charge is 2.10. The van der Waals surface area contributed by atoms with Gasteiger partial charge in [0.15, 0.2) is 5.71 Å². The second-order valence-corrected chi connectivity index (χ2v) is 7.30. The van der Waals surface area contributed by atoms with Crippen LogP contribution in [0.4, 0.5) is 0 Å². The maximum atomic E-state index is 11.0. The van der Waals surface area contributed by atoms with Crippen LogP contribution in [-0.2, 0) is 19.2 Å². The van der Waals surface area contributed by atoms with E-state index in [1.54, 1.807) is 0 Å². The van der Waals surface area contributed by atoms with Crippen molar-refractivity contribution in [2.24, 2.45) is 5.16 Å². The largest absolute Gasteiger partial charge is 0.477 e. The number of hydrogen-bond donors (Lipinski definition) is 2. The molecule has 0 aliphatic carbocycles. The van der Waals surface area contributed by atoms with Crippen LogP contribution < -0.4 is 0 Å². The minimum Gasteiger partial charge on any atom is -0.477 e. The topological polar surface area (TPSA) is 113 Å². The fourth-order valence-electron chi connectivity index (χ4n) is 2.64. The van der Waals surface area contributed by atoms with E-state index >= 15 is 0 Å². The first-order valence-corrected chi connectivity index (χ1v) is 11.3. The number of ketones is 1. The second kappa shape index (κ2) is 20.0.